The van der Waals surface area contributed by atoms with Gasteiger partial charge in [0, 0.05) is 17.8 Å². The molecular weight excluding hydrogens is 354 g/mol. The summed E-state index contributed by atoms with van der Waals surface area (Å²) >= 11 is 0. The van der Waals surface area contributed by atoms with Gasteiger partial charge in [0.25, 0.3) is 5.91 Å². The van der Waals surface area contributed by atoms with Crippen LogP contribution in [0.15, 0.2) is 47.6 Å². The molecule has 28 heavy (non-hydrogen) atoms. The SMILES string of the molecule is CCC(C)Nc1cc2c(cc1Nc1ccccc1)OCC1=NNC(=O)C(C)N12. The minimum Gasteiger partial charge on any atom is -0.483 e. The predicted molar refractivity (Wildman–Crippen MR) is 113 cm³/mol. The summed E-state index contributed by atoms with van der Waals surface area (Å²) < 4.78 is 5.95. The summed E-state index contributed by atoms with van der Waals surface area (Å²) in [4.78, 5) is 14.1. The average Bonchev–Trinajstić information content (AvgIpc) is 2.71. The summed E-state index contributed by atoms with van der Waals surface area (Å²) in [5, 5.41) is 11.2. The van der Waals surface area contributed by atoms with Crippen molar-refractivity contribution in [3.63, 3.8) is 0 Å². The van der Waals surface area contributed by atoms with Gasteiger partial charge in [0.15, 0.2) is 5.84 Å². The van der Waals surface area contributed by atoms with Crippen LogP contribution in [0.3, 0.4) is 0 Å². The van der Waals surface area contributed by atoms with Crippen LogP contribution < -0.4 is 25.7 Å². The number of hydrogen-bond donors (Lipinski definition) is 3. The second kappa shape index (κ2) is 7.42. The van der Waals surface area contributed by atoms with Gasteiger partial charge in [-0.25, -0.2) is 5.43 Å². The Bertz CT molecular complexity index is 913. The standard InChI is InChI=1S/C21H25N5O2/c1-4-13(2)22-16-10-18-19(11-17(16)23-15-8-6-5-7-9-15)28-12-20-24-25-21(27)14(3)26(18)20/h5-11,13-14,22-23H,4,12H2,1-3H3,(H,25,27). The van der Waals surface area contributed by atoms with E-state index < -0.39 is 0 Å². The van der Waals surface area contributed by atoms with Crippen molar-refractivity contribution < 1.29 is 9.53 Å². The molecule has 3 N–H and O–H groups in total. The lowest BCUT2D eigenvalue weighted by Gasteiger charge is -2.38. The number of benzene rings is 2. The van der Waals surface area contributed by atoms with Crippen molar-refractivity contribution in [1.82, 2.24) is 5.43 Å². The van der Waals surface area contributed by atoms with Crippen molar-refractivity contribution in [2.24, 2.45) is 5.10 Å². The number of hydrazone groups is 1. The Morgan fingerprint density at radius 2 is 2.07 bits per heavy atom. The molecule has 0 spiro atoms. The first kappa shape index (κ1) is 18.2. The summed E-state index contributed by atoms with van der Waals surface area (Å²) in [5.41, 5.74) is 6.29. The molecule has 0 fully saturated rings. The minimum atomic E-state index is -0.348. The van der Waals surface area contributed by atoms with Gasteiger partial charge < -0.3 is 20.3 Å². The van der Waals surface area contributed by atoms with Crippen LogP contribution in [0.5, 0.6) is 5.75 Å². The lowest BCUT2D eigenvalue weighted by Crippen LogP contribution is -2.55. The van der Waals surface area contributed by atoms with Crippen molar-refractivity contribution >= 4 is 34.5 Å². The highest BCUT2D eigenvalue weighted by atomic mass is 16.5. The summed E-state index contributed by atoms with van der Waals surface area (Å²) in [7, 11) is 0. The molecule has 0 aliphatic carbocycles. The van der Waals surface area contributed by atoms with Gasteiger partial charge >= 0.3 is 0 Å². The Kier molecular flexibility index (Phi) is 4.81. The maximum absolute atomic E-state index is 12.1. The molecule has 2 aromatic rings. The smallest absolute Gasteiger partial charge is 0.262 e. The van der Waals surface area contributed by atoms with Crippen LogP contribution in [0.1, 0.15) is 27.2 Å². The minimum absolute atomic E-state index is 0.125. The van der Waals surface area contributed by atoms with E-state index in [0.717, 1.165) is 34.9 Å². The lowest BCUT2D eigenvalue weighted by atomic mass is 10.1. The predicted octanol–water partition coefficient (Wildman–Crippen LogP) is 3.67. The van der Waals surface area contributed by atoms with Crippen LogP contribution in [0.25, 0.3) is 0 Å². The van der Waals surface area contributed by atoms with E-state index in [9.17, 15) is 4.79 Å². The van der Waals surface area contributed by atoms with Crippen LogP contribution in [0.2, 0.25) is 0 Å². The van der Waals surface area contributed by atoms with E-state index in [1.54, 1.807) is 0 Å². The molecule has 2 aliphatic rings. The second-order valence-electron chi connectivity index (χ2n) is 7.15. The van der Waals surface area contributed by atoms with Gasteiger partial charge in [-0.15, -0.1) is 0 Å². The zero-order chi connectivity index (χ0) is 19.7. The first-order valence-electron chi connectivity index (χ1n) is 9.62. The average molecular weight is 379 g/mol. The summed E-state index contributed by atoms with van der Waals surface area (Å²) in [6, 6.07) is 14.0. The largest absolute Gasteiger partial charge is 0.483 e. The highest BCUT2D eigenvalue weighted by Crippen LogP contribution is 2.42. The first-order valence-corrected chi connectivity index (χ1v) is 9.62. The molecule has 7 heteroatoms. The van der Waals surface area contributed by atoms with Crippen molar-refractivity contribution in [1.29, 1.82) is 0 Å². The van der Waals surface area contributed by atoms with Crippen LogP contribution in [0.4, 0.5) is 22.7 Å². The highest BCUT2D eigenvalue weighted by Gasteiger charge is 2.35. The van der Waals surface area contributed by atoms with Crippen LogP contribution in [-0.2, 0) is 4.79 Å². The Balaban J connectivity index is 1.77. The zero-order valence-electron chi connectivity index (χ0n) is 16.3. The zero-order valence-corrected chi connectivity index (χ0v) is 16.3. The van der Waals surface area contributed by atoms with E-state index in [1.807, 2.05) is 54.3 Å². The second-order valence-corrected chi connectivity index (χ2v) is 7.15. The van der Waals surface area contributed by atoms with Crippen molar-refractivity contribution in [3.8, 4) is 5.75 Å². The van der Waals surface area contributed by atoms with E-state index >= 15 is 0 Å². The van der Waals surface area contributed by atoms with Crippen molar-refractivity contribution in [3.05, 3.63) is 42.5 Å². The molecule has 0 saturated carbocycles. The third kappa shape index (κ3) is 3.35. The number of amidine groups is 1. The molecule has 1 amide bonds. The maximum atomic E-state index is 12.1. The monoisotopic (exact) mass is 379 g/mol. The Morgan fingerprint density at radius 1 is 1.29 bits per heavy atom. The number of rotatable bonds is 5. The Labute approximate surface area is 164 Å². The highest BCUT2D eigenvalue weighted by molar-refractivity contribution is 6.09. The van der Waals surface area contributed by atoms with Gasteiger partial charge in [-0.3, -0.25) is 4.79 Å². The normalized spacial score (nSPS) is 18.8. The third-order valence-electron chi connectivity index (χ3n) is 5.12. The number of carbonyl (C=O) groups is 1. The fraction of sp³-hybridized carbons (Fsp3) is 0.333. The molecule has 2 atom stereocenters. The molecule has 0 radical (unpaired) electrons. The number of fused-ring (bicyclic) bond motifs is 3. The van der Waals surface area contributed by atoms with Gasteiger partial charge in [0.1, 0.15) is 18.4 Å². The number of nitrogens with zero attached hydrogens (tertiary/aromatic N) is 2. The molecule has 2 aromatic carbocycles. The third-order valence-corrected chi connectivity index (χ3v) is 5.12. The molecule has 0 aromatic heterocycles. The summed E-state index contributed by atoms with van der Waals surface area (Å²) in [5.74, 6) is 1.31. The molecule has 0 bridgehead atoms. The van der Waals surface area contributed by atoms with Gasteiger partial charge in [-0.05, 0) is 38.5 Å². The van der Waals surface area contributed by atoms with Crippen molar-refractivity contribution in [2.75, 3.05) is 22.1 Å². The van der Waals surface area contributed by atoms with Crippen LogP contribution in [0, 0.1) is 0 Å². The molecule has 0 saturated heterocycles. The Hall–Kier alpha value is -3.22. The Morgan fingerprint density at radius 3 is 2.82 bits per heavy atom. The molecule has 2 heterocycles. The lowest BCUT2D eigenvalue weighted by molar-refractivity contribution is -0.122. The topological polar surface area (TPSA) is 78.0 Å². The van der Waals surface area contributed by atoms with E-state index in [-0.39, 0.29) is 11.9 Å². The summed E-state index contributed by atoms with van der Waals surface area (Å²) in [6.07, 6.45) is 0.994. The van der Waals surface area contributed by atoms with E-state index in [4.69, 9.17) is 4.74 Å². The fourth-order valence-electron chi connectivity index (χ4n) is 3.34. The quantitative estimate of drug-likeness (QED) is 0.739. The van der Waals surface area contributed by atoms with Crippen LogP contribution >= 0.6 is 0 Å². The fourth-order valence-corrected chi connectivity index (χ4v) is 3.34. The van der Waals surface area contributed by atoms with Crippen LogP contribution in [-0.4, -0.2) is 30.4 Å². The molecule has 2 unspecified atom stereocenters. The van der Waals surface area contributed by atoms with E-state index in [1.165, 1.54) is 0 Å². The molecule has 4 rings (SSSR count). The number of anilines is 4. The number of amides is 1. The molecule has 2 aliphatic heterocycles. The van der Waals surface area contributed by atoms with Crippen molar-refractivity contribution in [2.45, 2.75) is 39.3 Å². The number of hydrogen-bond acceptors (Lipinski definition) is 6. The molecule has 7 nitrogen and oxygen atoms in total. The molecular formula is C21H25N5O2. The van der Waals surface area contributed by atoms with Gasteiger partial charge in [0.2, 0.25) is 0 Å². The van der Waals surface area contributed by atoms with Gasteiger partial charge in [-0.1, -0.05) is 25.1 Å². The first-order chi connectivity index (χ1) is 13.6. The summed E-state index contributed by atoms with van der Waals surface area (Å²) in [6.45, 7) is 6.48. The number of para-hydroxylation sites is 1. The van der Waals surface area contributed by atoms with E-state index in [2.05, 4.69) is 35.0 Å². The number of ether oxygens (including phenoxy) is 1. The van der Waals surface area contributed by atoms with Gasteiger partial charge in [-0.2, -0.15) is 5.10 Å². The van der Waals surface area contributed by atoms with Gasteiger partial charge in [0.05, 0.1) is 17.1 Å². The molecule has 146 valence electrons. The number of carbonyl (C=O) groups excluding carboxylic acids is 1. The number of nitrogens with one attached hydrogen (secondary N) is 3. The maximum Gasteiger partial charge on any atom is 0.262 e. The van der Waals surface area contributed by atoms with E-state index in [0.29, 0.717) is 18.5 Å².